The molecule has 2 rings (SSSR count). The van der Waals surface area contributed by atoms with Gasteiger partial charge in [0.2, 0.25) is 0 Å². The van der Waals surface area contributed by atoms with Crippen LogP contribution in [-0.2, 0) is 6.42 Å². The molecule has 0 aliphatic heterocycles. The van der Waals surface area contributed by atoms with Crippen LogP contribution in [0.1, 0.15) is 38.8 Å². The topological polar surface area (TPSA) is 52.0 Å². The molecular weight excluding hydrogens is 351 g/mol. The van der Waals surface area contributed by atoms with Crippen molar-refractivity contribution in [1.82, 2.24) is 0 Å². The van der Waals surface area contributed by atoms with E-state index < -0.39 is 0 Å². The van der Waals surface area contributed by atoms with Crippen LogP contribution in [0.25, 0.3) is 24.3 Å². The van der Waals surface area contributed by atoms with Crippen molar-refractivity contribution in [2.24, 2.45) is 0 Å². The highest BCUT2D eigenvalue weighted by atomic mass is 35.5. The molecule has 2 aromatic carbocycles. The first kappa shape index (κ1) is 19.4. The summed E-state index contributed by atoms with van der Waals surface area (Å²) in [5, 5.41) is 5.10. The fourth-order valence-electron chi connectivity index (χ4n) is 3.13. The van der Waals surface area contributed by atoms with Crippen LogP contribution in [-0.4, -0.2) is 0 Å². The van der Waals surface area contributed by atoms with Gasteiger partial charge in [-0.3, -0.25) is 0 Å². The Balaban J connectivity index is 2.88. The van der Waals surface area contributed by atoms with Gasteiger partial charge in [0, 0.05) is 28.2 Å². The van der Waals surface area contributed by atoms with Gasteiger partial charge in [0.15, 0.2) is 0 Å². The van der Waals surface area contributed by atoms with Gasteiger partial charge in [0.1, 0.15) is 0 Å². The zero-order valence-electron chi connectivity index (χ0n) is 15.1. The van der Waals surface area contributed by atoms with E-state index in [1.165, 1.54) is 0 Å². The first-order valence-corrected chi connectivity index (χ1v) is 9.04. The maximum Gasteiger partial charge on any atom is 0.0536 e. The van der Waals surface area contributed by atoms with Crippen LogP contribution in [0.2, 0.25) is 10.0 Å². The van der Waals surface area contributed by atoms with Crippen molar-refractivity contribution in [2.45, 2.75) is 34.1 Å². The number of nitrogens with two attached hydrogens (primary N) is 2. The molecule has 0 saturated carbocycles. The lowest BCUT2D eigenvalue weighted by molar-refractivity contribution is 1.14. The van der Waals surface area contributed by atoms with Crippen LogP contribution in [0.5, 0.6) is 0 Å². The van der Waals surface area contributed by atoms with Crippen LogP contribution in [0.4, 0.5) is 11.4 Å². The number of nitrogen functional groups attached to an aromatic ring is 2. The number of benzene rings is 2. The molecule has 0 aliphatic rings. The molecule has 0 fully saturated rings. The summed E-state index contributed by atoms with van der Waals surface area (Å²) in [6.45, 7) is 7.82. The van der Waals surface area contributed by atoms with Crippen molar-refractivity contribution >= 4 is 58.9 Å². The van der Waals surface area contributed by atoms with E-state index in [-0.39, 0.29) is 0 Å². The van der Waals surface area contributed by atoms with E-state index in [0.29, 0.717) is 27.8 Å². The third kappa shape index (κ3) is 3.56. The van der Waals surface area contributed by atoms with Gasteiger partial charge in [-0.25, -0.2) is 0 Å². The van der Waals surface area contributed by atoms with Gasteiger partial charge in [0.25, 0.3) is 0 Å². The molecule has 0 amide bonds. The standard InChI is InChI=1S/C21H24Cl2N2/c1-5-12-9-18(24)14(7-3)20(22)16(12)11-17-13(6-2)10-19(25)15(8-4)21(17)23/h5-10H,11,24-25H2,1-4H3. The molecule has 0 spiro atoms. The van der Waals surface area contributed by atoms with E-state index in [9.17, 15) is 0 Å². The van der Waals surface area contributed by atoms with Gasteiger partial charge < -0.3 is 11.5 Å². The van der Waals surface area contributed by atoms with Gasteiger partial charge in [-0.1, -0.05) is 47.5 Å². The van der Waals surface area contributed by atoms with E-state index in [4.69, 9.17) is 34.7 Å². The summed E-state index contributed by atoms with van der Waals surface area (Å²) in [5.41, 5.74) is 15.7. The molecule has 2 nitrogen and oxygen atoms in total. The summed E-state index contributed by atoms with van der Waals surface area (Å²) in [7, 11) is 0. The minimum Gasteiger partial charge on any atom is -0.398 e. The molecule has 0 aromatic heterocycles. The smallest absolute Gasteiger partial charge is 0.0536 e. The number of hydrogen-bond donors (Lipinski definition) is 2. The van der Waals surface area contributed by atoms with Gasteiger partial charge in [0.05, 0.1) is 10.0 Å². The van der Waals surface area contributed by atoms with Gasteiger partial charge >= 0.3 is 0 Å². The summed E-state index contributed by atoms with van der Waals surface area (Å²) in [6, 6.07) is 3.92. The molecule has 0 heterocycles. The van der Waals surface area contributed by atoms with Crippen LogP contribution < -0.4 is 32.3 Å². The zero-order chi connectivity index (χ0) is 18.7. The minimum atomic E-state index is 0.610. The first-order chi connectivity index (χ1) is 11.9. The molecule has 0 aliphatic carbocycles. The molecule has 132 valence electrons. The Morgan fingerprint density at radius 2 is 1.08 bits per heavy atom. The molecule has 0 unspecified atom stereocenters. The van der Waals surface area contributed by atoms with Crippen LogP contribution in [0.15, 0.2) is 12.1 Å². The van der Waals surface area contributed by atoms with Crippen molar-refractivity contribution in [2.75, 3.05) is 11.5 Å². The average Bonchev–Trinajstić information content (AvgIpc) is 2.59. The lowest BCUT2D eigenvalue weighted by Gasteiger charge is -2.13. The van der Waals surface area contributed by atoms with Crippen molar-refractivity contribution in [3.8, 4) is 0 Å². The maximum atomic E-state index is 6.68. The Morgan fingerprint density at radius 3 is 1.36 bits per heavy atom. The highest BCUT2D eigenvalue weighted by Gasteiger charge is 2.13. The molecule has 25 heavy (non-hydrogen) atoms. The molecule has 0 atom stereocenters. The van der Waals surface area contributed by atoms with Crippen LogP contribution in [0, 0.1) is 0 Å². The molecule has 0 radical (unpaired) electrons. The lowest BCUT2D eigenvalue weighted by Crippen LogP contribution is -2.25. The summed E-state index contributed by atoms with van der Waals surface area (Å²) in [6.07, 6.45) is 8.51. The summed E-state index contributed by atoms with van der Waals surface area (Å²) in [4.78, 5) is 0. The Labute approximate surface area is 158 Å². The molecule has 4 heteroatoms. The predicted octanol–water partition coefficient (Wildman–Crippen LogP) is 2.95. The SMILES string of the molecule is CC=c1cc(N)c(=CC)c(Cl)c1Cc1c(Cl)c(=CC)c(N)cc1=CC. The molecule has 0 saturated heterocycles. The fourth-order valence-corrected chi connectivity index (χ4v) is 3.92. The minimum absolute atomic E-state index is 0.610. The van der Waals surface area contributed by atoms with E-state index in [1.807, 2.05) is 64.1 Å². The number of halogens is 2. The molecular formula is C21H24Cl2N2. The monoisotopic (exact) mass is 374 g/mol. The number of hydrogen-bond acceptors (Lipinski definition) is 2. The van der Waals surface area contributed by atoms with Gasteiger partial charge in [-0.15, -0.1) is 0 Å². The largest absolute Gasteiger partial charge is 0.398 e. The first-order valence-electron chi connectivity index (χ1n) is 8.28. The van der Waals surface area contributed by atoms with E-state index in [1.54, 1.807) is 0 Å². The Hall–Kier alpha value is -1.90. The second-order valence-electron chi connectivity index (χ2n) is 5.85. The van der Waals surface area contributed by atoms with Crippen molar-refractivity contribution < 1.29 is 0 Å². The van der Waals surface area contributed by atoms with E-state index >= 15 is 0 Å². The zero-order valence-corrected chi connectivity index (χ0v) is 16.6. The summed E-state index contributed by atoms with van der Waals surface area (Å²) < 4.78 is 0. The molecule has 2 aromatic rings. The third-order valence-corrected chi connectivity index (χ3v) is 5.36. The van der Waals surface area contributed by atoms with Crippen LogP contribution >= 0.6 is 23.2 Å². The maximum absolute atomic E-state index is 6.68. The molecule has 4 N–H and O–H groups in total. The predicted molar refractivity (Wildman–Crippen MR) is 114 cm³/mol. The van der Waals surface area contributed by atoms with E-state index in [0.717, 1.165) is 32.0 Å². The average molecular weight is 375 g/mol. The highest BCUT2D eigenvalue weighted by molar-refractivity contribution is 6.32. The second kappa shape index (κ2) is 7.99. The Bertz CT molecular complexity index is 966. The highest BCUT2D eigenvalue weighted by Crippen LogP contribution is 2.18. The number of rotatable bonds is 2. The van der Waals surface area contributed by atoms with Gasteiger partial charge in [-0.05, 0) is 61.4 Å². The Kier molecular flexibility index (Phi) is 6.21. The van der Waals surface area contributed by atoms with Gasteiger partial charge in [-0.2, -0.15) is 0 Å². The van der Waals surface area contributed by atoms with Crippen molar-refractivity contribution in [1.29, 1.82) is 0 Å². The second-order valence-corrected chi connectivity index (χ2v) is 6.61. The third-order valence-electron chi connectivity index (χ3n) is 4.50. The van der Waals surface area contributed by atoms with E-state index in [2.05, 4.69) is 0 Å². The summed E-state index contributed by atoms with van der Waals surface area (Å²) in [5.74, 6) is 0. The van der Waals surface area contributed by atoms with Crippen molar-refractivity contribution in [3.63, 3.8) is 0 Å². The van der Waals surface area contributed by atoms with Crippen molar-refractivity contribution in [3.05, 3.63) is 54.2 Å². The normalized spacial score (nSPS) is 14.6. The quantitative estimate of drug-likeness (QED) is 0.793. The Morgan fingerprint density at radius 1 is 0.720 bits per heavy atom. The number of anilines is 2. The van der Waals surface area contributed by atoms with Crippen LogP contribution in [0.3, 0.4) is 0 Å². The summed E-state index contributed by atoms with van der Waals surface area (Å²) >= 11 is 13.4. The molecule has 0 bridgehead atoms. The lowest BCUT2D eigenvalue weighted by atomic mass is 9.97. The fraction of sp³-hybridized carbons (Fsp3) is 0.238.